The van der Waals surface area contributed by atoms with Gasteiger partial charge in [-0.25, -0.2) is 0 Å². The molecule has 2 aromatic rings. The highest BCUT2D eigenvalue weighted by atomic mass is 35.5. The molecule has 98 valence electrons. The maximum Gasteiger partial charge on any atom is 0.196 e. The van der Waals surface area contributed by atoms with Crippen molar-refractivity contribution in [1.29, 1.82) is 0 Å². The van der Waals surface area contributed by atoms with E-state index in [0.29, 0.717) is 27.6 Å². The molecule has 0 spiro atoms. The molecule has 2 aromatic carbocycles. The van der Waals surface area contributed by atoms with Crippen molar-refractivity contribution < 1.29 is 14.3 Å². The second kappa shape index (κ2) is 5.76. The molecule has 0 aliphatic heterocycles. The van der Waals surface area contributed by atoms with E-state index in [1.165, 1.54) is 7.11 Å². The number of rotatable bonds is 4. The van der Waals surface area contributed by atoms with Gasteiger partial charge in [-0.15, -0.1) is 0 Å². The summed E-state index contributed by atoms with van der Waals surface area (Å²) in [6, 6.07) is 11.9. The molecule has 0 heterocycles. The van der Waals surface area contributed by atoms with Crippen LogP contribution in [0.2, 0.25) is 5.02 Å². The Morgan fingerprint density at radius 2 is 1.68 bits per heavy atom. The Bertz CT molecular complexity index is 591. The van der Waals surface area contributed by atoms with Crippen LogP contribution < -0.4 is 9.47 Å². The molecular weight excluding hydrogens is 264 g/mol. The Morgan fingerprint density at radius 1 is 1.00 bits per heavy atom. The molecule has 0 bridgehead atoms. The molecule has 3 nitrogen and oxygen atoms in total. The molecule has 0 saturated carbocycles. The van der Waals surface area contributed by atoms with Crippen LogP contribution in [0.3, 0.4) is 0 Å². The summed E-state index contributed by atoms with van der Waals surface area (Å²) >= 11 is 5.88. The number of hydrogen-bond acceptors (Lipinski definition) is 3. The Balaban J connectivity index is 2.37. The molecule has 0 fully saturated rings. The van der Waals surface area contributed by atoms with Crippen molar-refractivity contribution in [3.63, 3.8) is 0 Å². The van der Waals surface area contributed by atoms with E-state index in [2.05, 4.69) is 0 Å². The number of methoxy groups -OCH3 is 2. The lowest BCUT2D eigenvalue weighted by molar-refractivity contribution is 0.103. The maximum absolute atomic E-state index is 12.4. The van der Waals surface area contributed by atoms with Crippen molar-refractivity contribution >= 4 is 17.4 Å². The van der Waals surface area contributed by atoms with Gasteiger partial charge in [0.25, 0.3) is 0 Å². The summed E-state index contributed by atoms with van der Waals surface area (Å²) in [6.45, 7) is 0. The Labute approximate surface area is 116 Å². The summed E-state index contributed by atoms with van der Waals surface area (Å²) in [5.74, 6) is 1.06. The van der Waals surface area contributed by atoms with E-state index >= 15 is 0 Å². The second-order valence-electron chi connectivity index (χ2n) is 3.90. The summed E-state index contributed by atoms with van der Waals surface area (Å²) in [5.41, 5.74) is 1.05. The number of benzene rings is 2. The molecular formula is C15H13ClO3. The molecule has 0 aromatic heterocycles. The molecule has 0 N–H and O–H groups in total. The molecule has 2 rings (SSSR count). The molecule has 0 unspecified atom stereocenters. The molecule has 0 amide bonds. The maximum atomic E-state index is 12.4. The third kappa shape index (κ3) is 2.88. The van der Waals surface area contributed by atoms with Crippen LogP contribution in [0.5, 0.6) is 11.5 Å². The first kappa shape index (κ1) is 13.4. The molecule has 0 radical (unpaired) electrons. The van der Waals surface area contributed by atoms with Gasteiger partial charge in [-0.3, -0.25) is 4.79 Å². The van der Waals surface area contributed by atoms with E-state index in [1.807, 2.05) is 0 Å². The quantitative estimate of drug-likeness (QED) is 0.801. The smallest absolute Gasteiger partial charge is 0.196 e. The highest BCUT2D eigenvalue weighted by Gasteiger charge is 2.14. The predicted molar refractivity (Wildman–Crippen MR) is 74.4 cm³/mol. The number of ketones is 1. The minimum absolute atomic E-state index is 0.115. The van der Waals surface area contributed by atoms with Gasteiger partial charge >= 0.3 is 0 Å². The fraction of sp³-hybridized carbons (Fsp3) is 0.133. The lowest BCUT2D eigenvalue weighted by atomic mass is 10.0. The van der Waals surface area contributed by atoms with Crippen LogP contribution in [0.25, 0.3) is 0 Å². The van der Waals surface area contributed by atoms with Crippen LogP contribution in [0, 0.1) is 0 Å². The molecule has 0 atom stereocenters. The van der Waals surface area contributed by atoms with Gasteiger partial charge in [0, 0.05) is 10.6 Å². The Kier molecular flexibility index (Phi) is 4.07. The van der Waals surface area contributed by atoms with Crippen molar-refractivity contribution in [2.45, 2.75) is 0 Å². The van der Waals surface area contributed by atoms with Gasteiger partial charge in [-0.05, 0) is 42.5 Å². The fourth-order valence-corrected chi connectivity index (χ4v) is 1.91. The number of halogens is 1. The van der Waals surface area contributed by atoms with Gasteiger partial charge in [0.05, 0.1) is 19.8 Å². The third-order valence-electron chi connectivity index (χ3n) is 2.76. The Morgan fingerprint density at radius 3 is 2.26 bits per heavy atom. The third-order valence-corrected chi connectivity index (χ3v) is 3.00. The average Bonchev–Trinajstić information content (AvgIpc) is 2.46. The normalized spacial score (nSPS) is 10.1. The van der Waals surface area contributed by atoms with Crippen molar-refractivity contribution in [3.8, 4) is 11.5 Å². The zero-order valence-corrected chi connectivity index (χ0v) is 11.4. The first-order valence-corrected chi connectivity index (χ1v) is 6.06. The number of carbonyl (C=O) groups excluding carboxylic acids is 1. The topological polar surface area (TPSA) is 35.5 Å². The van der Waals surface area contributed by atoms with Crippen molar-refractivity contribution in [1.82, 2.24) is 0 Å². The van der Waals surface area contributed by atoms with E-state index in [0.717, 1.165) is 0 Å². The first-order valence-electron chi connectivity index (χ1n) is 5.68. The van der Waals surface area contributed by atoms with Crippen LogP contribution in [0.1, 0.15) is 15.9 Å². The van der Waals surface area contributed by atoms with Crippen LogP contribution in [-0.2, 0) is 0 Å². The van der Waals surface area contributed by atoms with E-state index in [4.69, 9.17) is 21.1 Å². The summed E-state index contributed by atoms with van der Waals surface area (Å²) < 4.78 is 10.2. The van der Waals surface area contributed by atoms with Gasteiger partial charge < -0.3 is 9.47 Å². The zero-order valence-electron chi connectivity index (χ0n) is 10.6. The Hall–Kier alpha value is -2.00. The van der Waals surface area contributed by atoms with Gasteiger partial charge in [0.15, 0.2) is 5.78 Å². The molecule has 4 heteroatoms. The molecule has 0 aliphatic carbocycles. The van der Waals surface area contributed by atoms with Crippen LogP contribution in [0.15, 0.2) is 42.5 Å². The summed E-state index contributed by atoms with van der Waals surface area (Å²) in [7, 11) is 3.09. The number of carbonyl (C=O) groups is 1. The summed E-state index contributed by atoms with van der Waals surface area (Å²) in [5, 5.41) is 0.531. The standard InChI is InChI=1S/C15H13ClO3/c1-18-12-6-3-10(4-7-12)15(17)13-8-5-11(16)9-14(13)19-2/h3-9H,1-2H3. The lowest BCUT2D eigenvalue weighted by Crippen LogP contribution is -2.03. The molecule has 0 saturated heterocycles. The summed E-state index contributed by atoms with van der Waals surface area (Å²) in [6.07, 6.45) is 0. The fourth-order valence-electron chi connectivity index (χ4n) is 1.75. The largest absolute Gasteiger partial charge is 0.497 e. The minimum Gasteiger partial charge on any atom is -0.497 e. The van der Waals surface area contributed by atoms with Gasteiger partial charge in [0.1, 0.15) is 11.5 Å². The van der Waals surface area contributed by atoms with E-state index in [-0.39, 0.29) is 5.78 Å². The van der Waals surface area contributed by atoms with Crippen molar-refractivity contribution in [2.24, 2.45) is 0 Å². The van der Waals surface area contributed by atoms with Gasteiger partial charge in [-0.1, -0.05) is 11.6 Å². The van der Waals surface area contributed by atoms with Crippen molar-refractivity contribution in [2.75, 3.05) is 14.2 Å². The number of ether oxygens (including phenoxy) is 2. The van der Waals surface area contributed by atoms with Crippen LogP contribution >= 0.6 is 11.6 Å². The molecule has 19 heavy (non-hydrogen) atoms. The van der Waals surface area contributed by atoms with Gasteiger partial charge in [0.2, 0.25) is 0 Å². The zero-order chi connectivity index (χ0) is 13.8. The van der Waals surface area contributed by atoms with E-state index in [1.54, 1.807) is 49.6 Å². The predicted octanol–water partition coefficient (Wildman–Crippen LogP) is 3.59. The van der Waals surface area contributed by atoms with E-state index < -0.39 is 0 Å². The highest BCUT2D eigenvalue weighted by Crippen LogP contribution is 2.26. The molecule has 0 aliphatic rings. The monoisotopic (exact) mass is 276 g/mol. The highest BCUT2D eigenvalue weighted by molar-refractivity contribution is 6.31. The first-order chi connectivity index (χ1) is 9.15. The van der Waals surface area contributed by atoms with Gasteiger partial charge in [-0.2, -0.15) is 0 Å². The van der Waals surface area contributed by atoms with Crippen molar-refractivity contribution in [3.05, 3.63) is 58.6 Å². The van der Waals surface area contributed by atoms with Crippen LogP contribution in [-0.4, -0.2) is 20.0 Å². The second-order valence-corrected chi connectivity index (χ2v) is 4.34. The lowest BCUT2D eigenvalue weighted by Gasteiger charge is -2.08. The summed E-state index contributed by atoms with van der Waals surface area (Å²) in [4.78, 5) is 12.4. The number of hydrogen-bond donors (Lipinski definition) is 0. The average molecular weight is 277 g/mol. The van der Waals surface area contributed by atoms with E-state index in [9.17, 15) is 4.79 Å². The minimum atomic E-state index is -0.115. The SMILES string of the molecule is COc1ccc(C(=O)c2ccc(Cl)cc2OC)cc1. The van der Waals surface area contributed by atoms with Crippen LogP contribution in [0.4, 0.5) is 0 Å².